The second-order valence-electron chi connectivity index (χ2n) is 28.4. The lowest BCUT2D eigenvalue weighted by Crippen LogP contribution is -2.64. The molecule has 0 bridgehead atoms. The van der Waals surface area contributed by atoms with Crippen LogP contribution in [0.3, 0.4) is 0 Å². The predicted molar refractivity (Wildman–Crippen MR) is 388 cm³/mol. The van der Waals surface area contributed by atoms with Crippen LogP contribution >= 0.6 is 0 Å². The second-order valence-corrected chi connectivity index (χ2v) is 28.4. The molecule has 4 rings (SSSR count). The summed E-state index contributed by atoms with van der Waals surface area (Å²) in [6.45, 7) is 16.3. The summed E-state index contributed by atoms with van der Waals surface area (Å²) in [6, 6.07) is -4.64. The van der Waals surface area contributed by atoms with Crippen molar-refractivity contribution in [2.24, 2.45) is 45.9 Å². The molecule has 1 aromatic heterocycles. The molecule has 1 aliphatic heterocycles. The summed E-state index contributed by atoms with van der Waals surface area (Å²) in [5, 5.41) is 79.1. The fourth-order valence-corrected chi connectivity index (χ4v) is 10.8. The molecule has 110 heavy (non-hydrogen) atoms. The lowest BCUT2D eigenvalue weighted by molar-refractivity contribution is -0.192. The average Bonchev–Trinajstić information content (AvgIpc) is 1.13. The molecule has 612 valence electrons. The number of aliphatic carboxylic acids is 1. The molecule has 2 heterocycles. The number of aliphatic imine (C=N–C) groups is 1. The standard InChI is InChI=1S/C68H104N16O19.C2HF3O2/c1-13-35(8)47-61(96)82-48(36(9)86)60(95)74-30-46(87)80-50(53(89)55(69)90)63(98)78-45(31-85)65(100)102-54(37-20-15-14-16-21-37)51(64(99)83-49(52(88)34(6)7)62(97)77-42(26-32(2)3)57(92)75-41(56(91)81-47)24-19-25-72-66(70)71)84-59(94)43(27-33(4)5)76-58(93)44(79-67(101)103-68(10,11)12)28-38-29-73-40-23-18-17-22-39(38)40;3-2(4,5)1(6)7/h14-18,20-23,29,32-36,41-45,47-54,73,85-86,88-89H,13,19,24-28,30-31H2,1-12H3,(H2,69,90)(H,74,95)(H,75,92)(H,76,93)(H,77,97)(H,78,98)(H,79,101)(H,80,87)(H,81,91)(H,82,96)(H,83,99)(H,84,94)(H4,70,71,72);(H,6,7)/t35-,36-,41+,42-,43-,44+,45-,47?,48?,49-,50-,51-,52+,53-,54+;/m0./s1. The summed E-state index contributed by atoms with van der Waals surface area (Å²) in [5.74, 6) is -20.7. The molecule has 23 N–H and O–H groups in total. The number of esters is 1. The van der Waals surface area contributed by atoms with Crippen molar-refractivity contribution in [3.63, 3.8) is 0 Å². The Morgan fingerprint density at radius 3 is 1.76 bits per heavy atom. The van der Waals surface area contributed by atoms with Gasteiger partial charge in [-0.05, 0) is 94.2 Å². The number of hydrogen-bond acceptors (Lipinski definition) is 21. The summed E-state index contributed by atoms with van der Waals surface area (Å²) in [4.78, 5) is 203. The maximum Gasteiger partial charge on any atom is 0.490 e. The van der Waals surface area contributed by atoms with Crippen LogP contribution in [0.2, 0.25) is 0 Å². The highest BCUT2D eigenvalue weighted by Gasteiger charge is 2.45. The molecule has 1 saturated heterocycles. The summed E-state index contributed by atoms with van der Waals surface area (Å²) in [7, 11) is 0. The van der Waals surface area contributed by atoms with E-state index < -0.39 is 216 Å². The van der Waals surface area contributed by atoms with Gasteiger partial charge in [-0.2, -0.15) is 13.2 Å². The van der Waals surface area contributed by atoms with Crippen LogP contribution in [0.5, 0.6) is 0 Å². The number of aromatic amines is 1. The van der Waals surface area contributed by atoms with Crippen LogP contribution in [0.25, 0.3) is 10.9 Å². The Morgan fingerprint density at radius 2 is 1.22 bits per heavy atom. The van der Waals surface area contributed by atoms with E-state index in [-0.39, 0.29) is 56.6 Å². The highest BCUT2D eigenvalue weighted by Crippen LogP contribution is 2.26. The minimum absolute atomic E-state index is 0.0248. The number of para-hydroxylation sites is 1. The monoisotopic (exact) mass is 1560 g/mol. The van der Waals surface area contributed by atoms with Gasteiger partial charge in [0, 0.05) is 30.1 Å². The van der Waals surface area contributed by atoms with Crippen LogP contribution in [0.15, 0.2) is 65.8 Å². The fraction of sp³-hybridized carbons (Fsp3) is 0.586. The van der Waals surface area contributed by atoms with E-state index in [9.17, 15) is 81.5 Å². The van der Waals surface area contributed by atoms with Crippen LogP contribution in [0, 0.1) is 23.7 Å². The SMILES string of the molecule is CC[C@H](C)C1NC(=O)[C@@H](CCCN=C(N)N)NC(=O)[C@H](CC(C)C)NC(=O)[C@H]([C@H](O)C(C)C)NC(=O)[C@@H](NC(=O)[C@H](CC(C)C)NC(=O)[C@@H](Cc2c[nH]c3ccccc23)NC(=O)OC(C)(C)C)[C@@H](c2ccccc2)OC(=O)[C@H](CO)NC(=O)[C@H]([C@H](O)C(N)=O)NC(=O)CNC(=O)C([C@H](C)O)NC1=O.O=C(O)C(F)(F)F. The van der Waals surface area contributed by atoms with E-state index in [1.54, 1.807) is 92.8 Å². The molecule has 0 radical (unpaired) electrons. The Morgan fingerprint density at radius 1 is 0.664 bits per heavy atom. The largest absolute Gasteiger partial charge is 0.490 e. The Kier molecular flexibility index (Phi) is 36.9. The van der Waals surface area contributed by atoms with Crippen molar-refractivity contribution in [2.45, 2.75) is 218 Å². The van der Waals surface area contributed by atoms with E-state index in [0.29, 0.717) is 16.5 Å². The maximum atomic E-state index is 15.7. The topological polar surface area (TPSA) is 597 Å². The number of cyclic esters (lactones) is 1. The van der Waals surface area contributed by atoms with Gasteiger partial charge >= 0.3 is 24.2 Å². The van der Waals surface area contributed by atoms with Gasteiger partial charge in [-0.3, -0.25) is 57.7 Å². The number of fused-ring (bicyclic) bond motifs is 1. The third-order valence-electron chi connectivity index (χ3n) is 16.7. The van der Waals surface area contributed by atoms with Crippen molar-refractivity contribution >= 4 is 99.9 Å². The highest BCUT2D eigenvalue weighted by atomic mass is 19.4. The molecule has 15 atom stereocenters. The van der Waals surface area contributed by atoms with Crippen molar-refractivity contribution < 1.29 is 115 Å². The van der Waals surface area contributed by atoms with E-state index in [0.717, 1.165) is 6.92 Å². The number of nitrogens with two attached hydrogens (primary N) is 3. The van der Waals surface area contributed by atoms with Gasteiger partial charge in [0.15, 0.2) is 24.2 Å². The molecule has 2 unspecified atom stereocenters. The first kappa shape index (κ1) is 93.5. The molecule has 40 heteroatoms. The minimum Gasteiger partial charge on any atom is -0.475 e. The van der Waals surface area contributed by atoms with E-state index in [2.05, 4.69) is 57.8 Å². The van der Waals surface area contributed by atoms with E-state index in [1.165, 1.54) is 44.2 Å². The number of guanidine groups is 1. The number of benzene rings is 2. The smallest absolute Gasteiger partial charge is 0.475 e. The van der Waals surface area contributed by atoms with Crippen LogP contribution in [-0.4, -0.2) is 230 Å². The normalized spacial score (nSPS) is 22.4. The lowest BCUT2D eigenvalue weighted by Gasteiger charge is -2.34. The number of carbonyl (C=O) groups excluding carboxylic acids is 13. The van der Waals surface area contributed by atoms with Crippen molar-refractivity contribution in [2.75, 3.05) is 19.7 Å². The average molecular weight is 1560 g/mol. The second kappa shape index (κ2) is 43.5. The van der Waals surface area contributed by atoms with Gasteiger partial charge in [-0.1, -0.05) is 110 Å². The number of rotatable bonds is 24. The predicted octanol–water partition coefficient (Wildman–Crippen LogP) is -2.56. The Balaban J connectivity index is 0.00000426. The number of amides is 12. The molecular weight excluding hydrogens is 1460 g/mol. The summed E-state index contributed by atoms with van der Waals surface area (Å²) < 4.78 is 43.3. The maximum absolute atomic E-state index is 15.7. The first-order chi connectivity index (χ1) is 51.2. The Bertz CT molecular complexity index is 3700. The van der Waals surface area contributed by atoms with Gasteiger partial charge in [0.05, 0.1) is 25.4 Å². The summed E-state index contributed by atoms with van der Waals surface area (Å²) >= 11 is 0. The minimum atomic E-state index is -5.08. The molecule has 12 amide bonds. The van der Waals surface area contributed by atoms with Crippen LogP contribution in [0.1, 0.15) is 132 Å². The number of primary amides is 1. The third kappa shape index (κ3) is 30.4. The zero-order valence-corrected chi connectivity index (χ0v) is 63.1. The summed E-state index contributed by atoms with van der Waals surface area (Å²) in [6.07, 6.45) is -13.3. The van der Waals surface area contributed by atoms with Crippen molar-refractivity contribution in [1.82, 2.24) is 63.5 Å². The zero-order valence-electron chi connectivity index (χ0n) is 63.1. The number of hydrogen-bond donors (Lipinski definition) is 20. The van der Waals surface area contributed by atoms with E-state index >= 15 is 14.4 Å². The molecule has 1 fully saturated rings. The van der Waals surface area contributed by atoms with Crippen molar-refractivity contribution in [1.29, 1.82) is 0 Å². The Hall–Kier alpha value is -10.7. The van der Waals surface area contributed by atoms with Crippen LogP contribution in [-0.2, 0) is 78.2 Å². The highest BCUT2D eigenvalue weighted by molar-refractivity contribution is 6.01. The Labute approximate surface area is 632 Å². The molecule has 3 aromatic rings. The number of H-pyrrole nitrogens is 1. The quantitative estimate of drug-likeness (QED) is 0.0190. The number of carboxylic acids is 1. The van der Waals surface area contributed by atoms with Gasteiger partial charge < -0.3 is 116 Å². The lowest BCUT2D eigenvalue weighted by atomic mass is 9.95. The number of aliphatic hydroxyl groups excluding tert-OH is 4. The first-order valence-electron chi connectivity index (χ1n) is 35.3. The van der Waals surface area contributed by atoms with Gasteiger partial charge in [-0.15, -0.1) is 0 Å². The van der Waals surface area contributed by atoms with Gasteiger partial charge in [-0.25, -0.2) is 14.4 Å². The summed E-state index contributed by atoms with van der Waals surface area (Å²) in [5.41, 5.74) is 16.6. The van der Waals surface area contributed by atoms with E-state index in [4.69, 9.17) is 36.6 Å². The molecule has 2 aromatic carbocycles. The molecular formula is C70H105F3N16O21. The number of alkyl carbamates (subject to hydrolysis) is 1. The number of carboxylic acid groups (broad SMARTS) is 1. The van der Waals surface area contributed by atoms with Gasteiger partial charge in [0.1, 0.15) is 60.0 Å². The third-order valence-corrected chi connectivity index (χ3v) is 16.7. The molecule has 0 saturated carbocycles. The number of alkyl halides is 3. The van der Waals surface area contributed by atoms with Gasteiger partial charge in [0.25, 0.3) is 0 Å². The zero-order chi connectivity index (χ0) is 83.4. The molecule has 0 spiro atoms. The van der Waals surface area contributed by atoms with Crippen molar-refractivity contribution in [3.05, 3.63) is 71.9 Å². The number of aliphatic hydroxyl groups is 4. The fourth-order valence-electron chi connectivity index (χ4n) is 10.8. The molecule has 0 aliphatic carbocycles. The van der Waals surface area contributed by atoms with Gasteiger partial charge in [0.2, 0.25) is 65.0 Å². The number of carbonyl (C=O) groups is 14. The molecule has 37 nitrogen and oxygen atoms in total. The van der Waals surface area contributed by atoms with E-state index in [1.807, 2.05) is 10.6 Å². The van der Waals surface area contributed by atoms with Crippen molar-refractivity contribution in [3.8, 4) is 0 Å². The number of aromatic nitrogens is 1. The first-order valence-corrected chi connectivity index (χ1v) is 35.3. The number of nitrogens with one attached hydrogen (secondary N) is 12. The van der Waals surface area contributed by atoms with Crippen LogP contribution in [0.4, 0.5) is 18.0 Å². The number of nitrogens with zero attached hydrogens (tertiary/aromatic N) is 1. The number of ether oxygens (including phenoxy) is 2. The van der Waals surface area contributed by atoms with Crippen LogP contribution < -0.4 is 75.7 Å². The number of halogens is 3. The molecule has 1 aliphatic rings.